The summed E-state index contributed by atoms with van der Waals surface area (Å²) in [5.74, 6) is 0.0762. The molecule has 0 unspecified atom stereocenters. The van der Waals surface area contributed by atoms with E-state index >= 15 is 0 Å². The maximum Gasteiger partial charge on any atom is 0.216 e. The Balaban J connectivity index is 1.65. The normalized spacial score (nSPS) is 27.9. The van der Waals surface area contributed by atoms with E-state index in [0.717, 1.165) is 24.8 Å². The fraction of sp³-hybridized carbons (Fsp3) is 0.786. The monoisotopic (exact) mass is 329 g/mol. The first kappa shape index (κ1) is 15.9. The van der Waals surface area contributed by atoms with Crippen molar-refractivity contribution < 1.29 is 17.9 Å². The molecule has 8 heteroatoms. The predicted octanol–water partition coefficient (Wildman–Crippen LogP) is 0.692. The van der Waals surface area contributed by atoms with Crippen molar-refractivity contribution in [3.8, 4) is 0 Å². The summed E-state index contributed by atoms with van der Waals surface area (Å²) in [7, 11) is -1.48. The maximum absolute atomic E-state index is 12.6. The van der Waals surface area contributed by atoms with Crippen molar-refractivity contribution >= 4 is 10.0 Å². The van der Waals surface area contributed by atoms with E-state index in [1.807, 2.05) is 13.2 Å². The smallest absolute Gasteiger partial charge is 0.216 e. The molecule has 1 aromatic rings. The lowest BCUT2D eigenvalue weighted by molar-refractivity contribution is -0.00425. The number of nitrogens with zero attached hydrogens (tertiary/aromatic N) is 3. The second-order valence-electron chi connectivity index (χ2n) is 5.93. The topological polar surface area (TPSA) is 73.7 Å². The molecule has 0 amide bonds. The predicted molar refractivity (Wildman–Crippen MR) is 80.9 cm³/mol. The first-order valence-electron chi connectivity index (χ1n) is 7.74. The molecule has 124 valence electrons. The molecule has 7 nitrogen and oxygen atoms in total. The summed E-state index contributed by atoms with van der Waals surface area (Å²) in [5, 5.41) is 4.12. The molecule has 0 radical (unpaired) electrons. The fourth-order valence-corrected chi connectivity index (χ4v) is 4.62. The van der Waals surface area contributed by atoms with E-state index in [-0.39, 0.29) is 18.0 Å². The molecule has 2 fully saturated rings. The molecule has 22 heavy (non-hydrogen) atoms. The third kappa shape index (κ3) is 3.68. The highest BCUT2D eigenvalue weighted by molar-refractivity contribution is 7.89. The second-order valence-corrected chi connectivity index (χ2v) is 7.95. The van der Waals surface area contributed by atoms with Crippen LogP contribution in [-0.4, -0.2) is 60.7 Å². The van der Waals surface area contributed by atoms with Gasteiger partial charge in [0.05, 0.1) is 30.8 Å². The Bertz CT molecular complexity index is 595. The Kier molecular flexibility index (Phi) is 4.82. The number of morpholine rings is 1. The first-order valence-corrected chi connectivity index (χ1v) is 9.35. The van der Waals surface area contributed by atoms with Gasteiger partial charge in [-0.1, -0.05) is 0 Å². The van der Waals surface area contributed by atoms with Crippen molar-refractivity contribution in [2.75, 3.05) is 32.1 Å². The Morgan fingerprint density at radius 1 is 1.32 bits per heavy atom. The van der Waals surface area contributed by atoms with Gasteiger partial charge < -0.3 is 9.47 Å². The number of ether oxygens (including phenoxy) is 2. The lowest BCUT2D eigenvalue weighted by Crippen LogP contribution is -2.45. The molecule has 2 saturated heterocycles. The minimum absolute atomic E-state index is 0.0762. The molecule has 0 N–H and O–H groups in total. The SMILES string of the molecule is Cn1cc([C@@H]2CN(S(=O)(=O)C[C@H]3CCCCO3)CCO2)cn1. The molecule has 2 aliphatic heterocycles. The number of aryl methyl sites for hydroxylation is 1. The Labute approximate surface area is 131 Å². The van der Waals surface area contributed by atoms with Gasteiger partial charge in [-0.25, -0.2) is 8.42 Å². The lowest BCUT2D eigenvalue weighted by atomic mass is 10.1. The highest BCUT2D eigenvalue weighted by Gasteiger charge is 2.33. The van der Waals surface area contributed by atoms with Crippen molar-refractivity contribution in [2.45, 2.75) is 31.5 Å². The van der Waals surface area contributed by atoms with Gasteiger partial charge in [0.15, 0.2) is 0 Å². The van der Waals surface area contributed by atoms with E-state index in [9.17, 15) is 8.42 Å². The molecule has 0 aromatic carbocycles. The average Bonchev–Trinajstić information content (AvgIpc) is 2.95. The van der Waals surface area contributed by atoms with Crippen molar-refractivity contribution in [2.24, 2.45) is 7.05 Å². The third-order valence-corrected chi connectivity index (χ3v) is 6.10. The van der Waals surface area contributed by atoms with E-state index < -0.39 is 10.0 Å². The van der Waals surface area contributed by atoms with Crippen molar-refractivity contribution in [1.82, 2.24) is 14.1 Å². The van der Waals surface area contributed by atoms with Crippen LogP contribution in [0.4, 0.5) is 0 Å². The van der Waals surface area contributed by atoms with Crippen molar-refractivity contribution in [3.63, 3.8) is 0 Å². The highest BCUT2D eigenvalue weighted by atomic mass is 32.2. The van der Waals surface area contributed by atoms with Gasteiger partial charge in [-0.15, -0.1) is 0 Å². The number of rotatable bonds is 4. The second kappa shape index (κ2) is 6.66. The van der Waals surface area contributed by atoms with E-state index in [2.05, 4.69) is 5.10 Å². The lowest BCUT2D eigenvalue weighted by Gasteiger charge is -2.33. The zero-order valence-corrected chi connectivity index (χ0v) is 13.7. The maximum atomic E-state index is 12.6. The van der Waals surface area contributed by atoms with Gasteiger partial charge in [0, 0.05) is 38.5 Å². The summed E-state index contributed by atoms with van der Waals surface area (Å²) >= 11 is 0. The summed E-state index contributed by atoms with van der Waals surface area (Å²) in [6.45, 7) is 1.83. The van der Waals surface area contributed by atoms with Crippen LogP contribution in [0.25, 0.3) is 0 Å². The van der Waals surface area contributed by atoms with Crippen molar-refractivity contribution in [1.29, 1.82) is 0 Å². The molecular formula is C14H23N3O4S. The van der Waals surface area contributed by atoms with Crippen LogP contribution in [0.2, 0.25) is 0 Å². The van der Waals surface area contributed by atoms with Crippen molar-refractivity contribution in [3.05, 3.63) is 18.0 Å². The van der Waals surface area contributed by atoms with Crippen LogP contribution in [0.15, 0.2) is 12.4 Å². The first-order chi connectivity index (χ1) is 10.5. The minimum atomic E-state index is -3.32. The fourth-order valence-electron chi connectivity index (χ4n) is 2.97. The molecule has 0 saturated carbocycles. The largest absolute Gasteiger partial charge is 0.377 e. The zero-order chi connectivity index (χ0) is 15.6. The Morgan fingerprint density at radius 2 is 2.18 bits per heavy atom. The van der Waals surface area contributed by atoms with Crippen LogP contribution in [0, 0.1) is 0 Å². The molecule has 1 aromatic heterocycles. The Hall–Kier alpha value is -0.960. The van der Waals surface area contributed by atoms with Gasteiger partial charge >= 0.3 is 0 Å². The number of hydrogen-bond acceptors (Lipinski definition) is 5. The number of hydrogen-bond donors (Lipinski definition) is 0. The van der Waals surface area contributed by atoms with Crippen LogP contribution in [-0.2, 0) is 26.5 Å². The van der Waals surface area contributed by atoms with E-state index in [1.54, 1.807) is 10.9 Å². The molecule has 0 spiro atoms. The molecule has 0 aliphatic carbocycles. The summed E-state index contributed by atoms with van der Waals surface area (Å²) < 4.78 is 39.7. The number of aromatic nitrogens is 2. The summed E-state index contributed by atoms with van der Waals surface area (Å²) in [6.07, 6.45) is 6.08. The molecular weight excluding hydrogens is 306 g/mol. The van der Waals surface area contributed by atoms with Gasteiger partial charge in [-0.3, -0.25) is 4.68 Å². The van der Waals surface area contributed by atoms with Gasteiger partial charge in [-0.05, 0) is 19.3 Å². The van der Waals surface area contributed by atoms with Crippen LogP contribution in [0.1, 0.15) is 30.9 Å². The third-order valence-electron chi connectivity index (χ3n) is 4.19. The summed E-state index contributed by atoms with van der Waals surface area (Å²) in [6, 6.07) is 0. The highest BCUT2D eigenvalue weighted by Crippen LogP contribution is 2.24. The number of sulfonamides is 1. The van der Waals surface area contributed by atoms with Gasteiger partial charge in [-0.2, -0.15) is 9.40 Å². The van der Waals surface area contributed by atoms with Gasteiger partial charge in [0.2, 0.25) is 10.0 Å². The molecule has 0 bridgehead atoms. The standard InChI is InChI=1S/C14H23N3O4S/c1-16-9-12(8-15-16)14-10-17(5-7-21-14)22(18,19)11-13-4-2-3-6-20-13/h8-9,13-14H,2-7,10-11H2,1H3/t13-,14+/m1/s1. The van der Waals surface area contributed by atoms with E-state index in [4.69, 9.17) is 9.47 Å². The molecule has 2 atom stereocenters. The summed E-state index contributed by atoms with van der Waals surface area (Å²) in [5.41, 5.74) is 0.913. The van der Waals surface area contributed by atoms with Crippen LogP contribution < -0.4 is 0 Å². The molecule has 2 aliphatic rings. The molecule has 3 rings (SSSR count). The van der Waals surface area contributed by atoms with Gasteiger partial charge in [0.25, 0.3) is 0 Å². The van der Waals surface area contributed by atoms with Crippen LogP contribution >= 0.6 is 0 Å². The van der Waals surface area contributed by atoms with E-state index in [1.165, 1.54) is 4.31 Å². The quantitative estimate of drug-likeness (QED) is 0.813. The minimum Gasteiger partial charge on any atom is -0.377 e. The zero-order valence-electron chi connectivity index (χ0n) is 12.8. The average molecular weight is 329 g/mol. The Morgan fingerprint density at radius 3 is 2.86 bits per heavy atom. The van der Waals surface area contributed by atoms with E-state index in [0.29, 0.717) is 26.3 Å². The van der Waals surface area contributed by atoms with Gasteiger partial charge in [0.1, 0.15) is 0 Å². The molecule has 3 heterocycles. The van der Waals surface area contributed by atoms with Crippen LogP contribution in [0.5, 0.6) is 0 Å². The summed E-state index contributed by atoms with van der Waals surface area (Å²) in [4.78, 5) is 0. The van der Waals surface area contributed by atoms with Crippen LogP contribution in [0.3, 0.4) is 0 Å².